The van der Waals surface area contributed by atoms with E-state index in [2.05, 4.69) is 12.1 Å². The second-order valence-electron chi connectivity index (χ2n) is 6.18. The summed E-state index contributed by atoms with van der Waals surface area (Å²) >= 11 is 5.72. The van der Waals surface area contributed by atoms with Gasteiger partial charge in [-0.05, 0) is 30.2 Å². The van der Waals surface area contributed by atoms with E-state index in [1.54, 1.807) is 4.90 Å². The lowest BCUT2D eigenvalue weighted by molar-refractivity contribution is -0.132. The summed E-state index contributed by atoms with van der Waals surface area (Å²) < 4.78 is 18.6. The molecule has 0 unspecified atom stereocenters. The van der Waals surface area contributed by atoms with Crippen LogP contribution >= 0.6 is 24.0 Å². The number of nitrogens with zero attached hydrogens (tertiary/aromatic N) is 1. The molecular weight excluding hydrogens is 378 g/mol. The van der Waals surface area contributed by atoms with E-state index < -0.39 is 5.82 Å². The highest BCUT2D eigenvalue weighted by molar-refractivity contribution is 6.30. The molecule has 7 heteroatoms. The van der Waals surface area contributed by atoms with Crippen molar-refractivity contribution in [1.82, 2.24) is 4.90 Å². The molecule has 0 aliphatic carbocycles. The highest BCUT2D eigenvalue weighted by Gasteiger charge is 2.35. The second-order valence-corrected chi connectivity index (χ2v) is 6.58. The Kier molecular flexibility index (Phi) is 7.26. The van der Waals surface area contributed by atoms with Crippen molar-refractivity contribution in [3.63, 3.8) is 0 Å². The standard InChI is InChI=1S/C19H20ClFN2O2.ClH/c20-17-8-15(6-7-18(17)21)25-12-19(24)23-10-14(9-22)16(11-23)13-4-2-1-3-5-13;/h1-8,14,16H,9-12,22H2;1H/t14-,16+;/m1./s1. The molecule has 2 aromatic carbocycles. The van der Waals surface area contributed by atoms with Crippen LogP contribution in [0.3, 0.4) is 0 Å². The van der Waals surface area contributed by atoms with E-state index in [9.17, 15) is 9.18 Å². The fraction of sp³-hybridized carbons (Fsp3) is 0.316. The van der Waals surface area contributed by atoms with E-state index in [0.29, 0.717) is 25.4 Å². The molecule has 0 aromatic heterocycles. The third kappa shape index (κ3) is 4.67. The molecule has 3 rings (SSSR count). The Morgan fingerprint density at radius 2 is 1.96 bits per heavy atom. The molecule has 2 N–H and O–H groups in total. The number of carbonyl (C=O) groups is 1. The van der Waals surface area contributed by atoms with Gasteiger partial charge in [0.05, 0.1) is 5.02 Å². The third-order valence-corrected chi connectivity index (χ3v) is 4.87. The highest BCUT2D eigenvalue weighted by atomic mass is 35.5. The normalized spacial score (nSPS) is 19.1. The van der Waals surface area contributed by atoms with Crippen LogP contribution in [-0.2, 0) is 4.79 Å². The molecule has 0 saturated carbocycles. The van der Waals surface area contributed by atoms with Gasteiger partial charge in [0.15, 0.2) is 6.61 Å². The summed E-state index contributed by atoms with van der Waals surface area (Å²) in [7, 11) is 0. The van der Waals surface area contributed by atoms with Gasteiger partial charge in [0.1, 0.15) is 11.6 Å². The van der Waals surface area contributed by atoms with Gasteiger partial charge in [0.25, 0.3) is 5.91 Å². The Balaban J connectivity index is 0.00000243. The van der Waals surface area contributed by atoms with Crippen molar-refractivity contribution in [1.29, 1.82) is 0 Å². The highest BCUT2D eigenvalue weighted by Crippen LogP contribution is 2.32. The molecule has 2 atom stereocenters. The van der Waals surface area contributed by atoms with Crippen molar-refractivity contribution >= 4 is 29.9 Å². The predicted octanol–water partition coefficient (Wildman–Crippen LogP) is 3.48. The molecule has 1 heterocycles. The molecule has 1 amide bonds. The van der Waals surface area contributed by atoms with Crippen molar-refractivity contribution in [2.45, 2.75) is 5.92 Å². The maximum Gasteiger partial charge on any atom is 0.260 e. The lowest BCUT2D eigenvalue weighted by Crippen LogP contribution is -2.33. The Hall–Kier alpha value is -1.82. The van der Waals surface area contributed by atoms with Crippen LogP contribution in [0.1, 0.15) is 11.5 Å². The molecule has 0 radical (unpaired) electrons. The van der Waals surface area contributed by atoms with Crippen LogP contribution < -0.4 is 10.5 Å². The maximum atomic E-state index is 13.2. The summed E-state index contributed by atoms with van der Waals surface area (Å²) in [5.41, 5.74) is 7.09. The average molecular weight is 399 g/mol. The smallest absolute Gasteiger partial charge is 0.260 e. The molecule has 1 aliphatic heterocycles. The van der Waals surface area contributed by atoms with Crippen molar-refractivity contribution in [3.8, 4) is 5.75 Å². The van der Waals surface area contributed by atoms with E-state index in [0.717, 1.165) is 0 Å². The minimum absolute atomic E-state index is 0. The maximum absolute atomic E-state index is 13.2. The lowest BCUT2D eigenvalue weighted by Gasteiger charge is -2.17. The first-order valence-corrected chi connectivity index (χ1v) is 8.57. The first-order chi connectivity index (χ1) is 12.1. The molecule has 140 valence electrons. The summed E-state index contributed by atoms with van der Waals surface area (Å²) in [4.78, 5) is 14.2. The minimum Gasteiger partial charge on any atom is -0.484 e. The zero-order valence-electron chi connectivity index (χ0n) is 14.1. The van der Waals surface area contributed by atoms with Crippen LogP contribution in [-0.4, -0.2) is 37.0 Å². The fourth-order valence-corrected chi connectivity index (χ4v) is 3.37. The lowest BCUT2D eigenvalue weighted by atomic mass is 9.89. The number of hydrogen-bond acceptors (Lipinski definition) is 3. The van der Waals surface area contributed by atoms with Crippen LogP contribution in [0.2, 0.25) is 5.02 Å². The summed E-state index contributed by atoms with van der Waals surface area (Å²) in [5.74, 6) is 0.199. The van der Waals surface area contributed by atoms with E-state index in [1.807, 2.05) is 18.2 Å². The van der Waals surface area contributed by atoms with Gasteiger partial charge in [-0.1, -0.05) is 41.9 Å². The number of rotatable bonds is 5. The van der Waals surface area contributed by atoms with E-state index >= 15 is 0 Å². The summed E-state index contributed by atoms with van der Waals surface area (Å²) in [6, 6.07) is 14.1. The predicted molar refractivity (Wildman–Crippen MR) is 102 cm³/mol. The van der Waals surface area contributed by atoms with Gasteiger partial charge in [-0.15, -0.1) is 12.4 Å². The fourth-order valence-electron chi connectivity index (χ4n) is 3.19. The van der Waals surface area contributed by atoms with Crippen LogP contribution in [0.25, 0.3) is 0 Å². The number of amides is 1. The topological polar surface area (TPSA) is 55.6 Å². The van der Waals surface area contributed by atoms with Crippen molar-refractivity contribution < 1.29 is 13.9 Å². The zero-order chi connectivity index (χ0) is 17.8. The van der Waals surface area contributed by atoms with Gasteiger partial charge >= 0.3 is 0 Å². The van der Waals surface area contributed by atoms with Gasteiger partial charge in [-0.25, -0.2) is 4.39 Å². The molecular formula is C19H21Cl2FN2O2. The number of carbonyl (C=O) groups excluding carboxylic acids is 1. The summed E-state index contributed by atoms with van der Waals surface area (Å²) in [6.07, 6.45) is 0. The molecule has 26 heavy (non-hydrogen) atoms. The second kappa shape index (κ2) is 9.21. The van der Waals surface area contributed by atoms with Gasteiger partial charge in [-0.3, -0.25) is 4.79 Å². The SMILES string of the molecule is Cl.NC[C@@H]1CN(C(=O)COc2ccc(F)c(Cl)c2)C[C@H]1c1ccccc1. The van der Waals surface area contributed by atoms with Crippen LogP contribution in [0.4, 0.5) is 4.39 Å². The van der Waals surface area contributed by atoms with E-state index in [-0.39, 0.29) is 41.8 Å². The Bertz CT molecular complexity index is 746. The molecule has 1 saturated heterocycles. The summed E-state index contributed by atoms with van der Waals surface area (Å²) in [6.45, 7) is 1.65. The Morgan fingerprint density at radius 1 is 1.23 bits per heavy atom. The molecule has 2 aromatic rings. The van der Waals surface area contributed by atoms with Crippen LogP contribution in [0.5, 0.6) is 5.75 Å². The Morgan fingerprint density at radius 3 is 2.62 bits per heavy atom. The molecule has 1 aliphatic rings. The zero-order valence-corrected chi connectivity index (χ0v) is 15.7. The molecule has 0 spiro atoms. The van der Waals surface area contributed by atoms with Gasteiger partial charge in [0, 0.05) is 25.1 Å². The van der Waals surface area contributed by atoms with Gasteiger partial charge < -0.3 is 15.4 Å². The number of likely N-dealkylation sites (tertiary alicyclic amines) is 1. The van der Waals surface area contributed by atoms with Crippen LogP contribution in [0.15, 0.2) is 48.5 Å². The monoisotopic (exact) mass is 398 g/mol. The van der Waals surface area contributed by atoms with Gasteiger partial charge in [-0.2, -0.15) is 0 Å². The summed E-state index contributed by atoms with van der Waals surface area (Å²) in [5, 5.41) is -0.0292. The first kappa shape index (κ1) is 20.5. The van der Waals surface area contributed by atoms with E-state index in [4.69, 9.17) is 22.1 Å². The third-order valence-electron chi connectivity index (χ3n) is 4.58. The molecule has 1 fully saturated rings. The number of halogens is 3. The Labute approximate surface area is 163 Å². The van der Waals surface area contributed by atoms with Gasteiger partial charge in [0.2, 0.25) is 0 Å². The molecule has 4 nitrogen and oxygen atoms in total. The number of hydrogen-bond donors (Lipinski definition) is 1. The van der Waals surface area contributed by atoms with Crippen molar-refractivity contribution in [2.75, 3.05) is 26.2 Å². The first-order valence-electron chi connectivity index (χ1n) is 8.19. The number of ether oxygens (including phenoxy) is 1. The van der Waals surface area contributed by atoms with E-state index in [1.165, 1.54) is 23.8 Å². The van der Waals surface area contributed by atoms with Crippen LogP contribution in [0, 0.1) is 11.7 Å². The molecule has 0 bridgehead atoms. The average Bonchev–Trinajstić information content (AvgIpc) is 3.08. The number of nitrogens with two attached hydrogens (primary N) is 1. The number of benzene rings is 2. The largest absolute Gasteiger partial charge is 0.484 e. The minimum atomic E-state index is -0.517. The van der Waals surface area contributed by atoms with Crippen molar-refractivity contribution in [2.24, 2.45) is 11.7 Å². The quantitative estimate of drug-likeness (QED) is 0.838. The van der Waals surface area contributed by atoms with Crippen molar-refractivity contribution in [3.05, 3.63) is 64.9 Å².